The minimum absolute atomic E-state index is 0.0829. The lowest BCUT2D eigenvalue weighted by Crippen LogP contribution is -2.32. The van der Waals surface area contributed by atoms with Crippen molar-refractivity contribution in [3.05, 3.63) is 53.6 Å². The van der Waals surface area contributed by atoms with Crippen molar-refractivity contribution in [2.75, 3.05) is 20.6 Å². The van der Waals surface area contributed by atoms with E-state index in [0.29, 0.717) is 0 Å². The summed E-state index contributed by atoms with van der Waals surface area (Å²) in [5.41, 5.74) is 2.79. The first-order valence-electron chi connectivity index (χ1n) is 8.09. The van der Waals surface area contributed by atoms with Crippen LogP contribution in [-0.2, 0) is 13.6 Å². The van der Waals surface area contributed by atoms with Crippen LogP contribution in [0.5, 0.6) is 0 Å². The number of aromatic nitrogens is 2. The maximum atomic E-state index is 12.8. The van der Waals surface area contributed by atoms with Gasteiger partial charge >= 0.3 is 0 Å². The molecule has 0 N–H and O–H groups in total. The summed E-state index contributed by atoms with van der Waals surface area (Å²) >= 11 is 0. The molecule has 2 aromatic heterocycles. The van der Waals surface area contributed by atoms with Gasteiger partial charge in [0, 0.05) is 26.3 Å². The van der Waals surface area contributed by atoms with Gasteiger partial charge in [-0.05, 0) is 51.2 Å². The van der Waals surface area contributed by atoms with Gasteiger partial charge in [0.05, 0.1) is 17.4 Å². The number of amides is 1. The summed E-state index contributed by atoms with van der Waals surface area (Å²) in [6.07, 6.45) is 3.92. The van der Waals surface area contributed by atoms with Crippen molar-refractivity contribution in [2.45, 2.75) is 25.4 Å². The van der Waals surface area contributed by atoms with Crippen molar-refractivity contribution in [1.29, 1.82) is 0 Å². The highest BCUT2D eigenvalue weighted by Crippen LogP contribution is 2.32. The summed E-state index contributed by atoms with van der Waals surface area (Å²) in [6.45, 7) is 1.61. The predicted molar refractivity (Wildman–Crippen MR) is 90.1 cm³/mol. The van der Waals surface area contributed by atoms with Crippen molar-refractivity contribution < 1.29 is 4.79 Å². The van der Waals surface area contributed by atoms with E-state index >= 15 is 0 Å². The third-order valence-corrected chi connectivity index (χ3v) is 4.32. The lowest BCUT2D eigenvalue weighted by Gasteiger charge is -2.25. The van der Waals surface area contributed by atoms with Crippen molar-refractivity contribution in [1.82, 2.24) is 19.4 Å². The van der Waals surface area contributed by atoms with E-state index in [0.717, 1.165) is 43.0 Å². The minimum atomic E-state index is 0.0829. The minimum Gasteiger partial charge on any atom is -0.347 e. The largest absolute Gasteiger partial charge is 0.347 e. The summed E-state index contributed by atoms with van der Waals surface area (Å²) in [5, 5.41) is 0. The van der Waals surface area contributed by atoms with Gasteiger partial charge < -0.3 is 14.4 Å². The number of carbonyl (C=O) groups is 1. The Bertz CT molecular complexity index is 692. The molecule has 0 bridgehead atoms. The summed E-state index contributed by atoms with van der Waals surface area (Å²) in [5.74, 6) is 0.0970. The van der Waals surface area contributed by atoms with Crippen molar-refractivity contribution in [2.24, 2.45) is 7.05 Å². The number of hydrogen-bond acceptors (Lipinski definition) is 3. The molecule has 1 aliphatic rings. The molecule has 0 aliphatic carbocycles. The number of aryl methyl sites for hydroxylation is 1. The molecule has 1 fully saturated rings. The first kappa shape index (κ1) is 15.7. The van der Waals surface area contributed by atoms with Crippen molar-refractivity contribution in [3.8, 4) is 0 Å². The van der Waals surface area contributed by atoms with Crippen LogP contribution in [-0.4, -0.2) is 45.9 Å². The van der Waals surface area contributed by atoms with E-state index in [1.807, 2.05) is 67.1 Å². The molecule has 1 amide bonds. The zero-order chi connectivity index (χ0) is 16.4. The third-order valence-electron chi connectivity index (χ3n) is 4.32. The van der Waals surface area contributed by atoms with Gasteiger partial charge in [0.1, 0.15) is 5.69 Å². The Kier molecular flexibility index (Phi) is 4.48. The highest BCUT2D eigenvalue weighted by atomic mass is 16.2. The second-order valence-electron chi connectivity index (χ2n) is 6.45. The molecule has 3 heterocycles. The Balaban J connectivity index is 1.84. The van der Waals surface area contributed by atoms with E-state index in [1.165, 1.54) is 0 Å². The molecule has 3 rings (SSSR count). The van der Waals surface area contributed by atoms with E-state index in [1.54, 1.807) is 0 Å². The summed E-state index contributed by atoms with van der Waals surface area (Å²) in [7, 11) is 5.98. The number of pyridine rings is 1. The number of likely N-dealkylation sites (tertiary alicyclic amines) is 1. The molecule has 5 heteroatoms. The zero-order valence-corrected chi connectivity index (χ0v) is 14.1. The molecule has 0 aromatic carbocycles. The Morgan fingerprint density at radius 2 is 2.13 bits per heavy atom. The van der Waals surface area contributed by atoms with Crippen LogP contribution in [0.15, 0.2) is 36.5 Å². The molecule has 1 saturated heterocycles. The van der Waals surface area contributed by atoms with E-state index in [2.05, 4.69) is 4.90 Å². The Morgan fingerprint density at radius 1 is 1.30 bits per heavy atom. The highest BCUT2D eigenvalue weighted by molar-refractivity contribution is 5.93. The SMILES string of the molecule is CN(C)Cc1cccc([C@H]2CCCN2C(=O)c2cccn2C)n1. The first-order chi connectivity index (χ1) is 11.1. The first-order valence-corrected chi connectivity index (χ1v) is 8.09. The molecule has 122 valence electrons. The van der Waals surface area contributed by atoms with E-state index in [9.17, 15) is 4.79 Å². The van der Waals surface area contributed by atoms with Crippen LogP contribution in [0.4, 0.5) is 0 Å². The van der Waals surface area contributed by atoms with Crippen LogP contribution in [0.3, 0.4) is 0 Å². The molecule has 0 saturated carbocycles. The Morgan fingerprint density at radius 3 is 2.83 bits per heavy atom. The summed E-state index contributed by atoms with van der Waals surface area (Å²) in [6, 6.07) is 10.0. The average Bonchev–Trinajstić information content (AvgIpc) is 3.15. The van der Waals surface area contributed by atoms with Gasteiger partial charge in [-0.2, -0.15) is 0 Å². The molecule has 0 unspecified atom stereocenters. The fourth-order valence-corrected chi connectivity index (χ4v) is 3.24. The molecule has 2 aromatic rings. The number of rotatable bonds is 4. The van der Waals surface area contributed by atoms with E-state index in [4.69, 9.17) is 4.98 Å². The number of nitrogens with zero attached hydrogens (tertiary/aromatic N) is 4. The van der Waals surface area contributed by atoms with Gasteiger partial charge in [0.2, 0.25) is 0 Å². The molecule has 5 nitrogen and oxygen atoms in total. The van der Waals surface area contributed by atoms with Crippen LogP contribution in [0, 0.1) is 0 Å². The summed E-state index contributed by atoms with van der Waals surface area (Å²) < 4.78 is 1.88. The van der Waals surface area contributed by atoms with Crippen LogP contribution in [0.1, 0.15) is 40.8 Å². The van der Waals surface area contributed by atoms with Crippen LogP contribution in [0.2, 0.25) is 0 Å². The normalized spacial score (nSPS) is 17.9. The number of carbonyl (C=O) groups excluding carboxylic acids is 1. The topological polar surface area (TPSA) is 41.4 Å². The Labute approximate surface area is 137 Å². The van der Waals surface area contributed by atoms with Crippen LogP contribution < -0.4 is 0 Å². The molecule has 1 atom stereocenters. The molecule has 23 heavy (non-hydrogen) atoms. The van der Waals surface area contributed by atoms with Crippen LogP contribution in [0.25, 0.3) is 0 Å². The average molecular weight is 312 g/mol. The standard InChI is InChI=1S/C18H24N4O/c1-20(2)13-14-7-4-8-15(19-14)16-9-6-12-22(16)18(23)17-10-5-11-21(17)3/h4-5,7-8,10-11,16H,6,9,12-13H2,1-3H3/t16-/m1/s1. The van der Waals surface area contributed by atoms with Gasteiger partial charge in [0.15, 0.2) is 0 Å². The van der Waals surface area contributed by atoms with Gasteiger partial charge in [-0.15, -0.1) is 0 Å². The van der Waals surface area contributed by atoms with Crippen molar-refractivity contribution >= 4 is 5.91 Å². The molecule has 0 spiro atoms. The fraction of sp³-hybridized carbons (Fsp3) is 0.444. The summed E-state index contributed by atoms with van der Waals surface area (Å²) in [4.78, 5) is 21.7. The monoisotopic (exact) mass is 312 g/mol. The van der Waals surface area contributed by atoms with Gasteiger partial charge in [0.25, 0.3) is 5.91 Å². The highest BCUT2D eigenvalue weighted by Gasteiger charge is 2.32. The van der Waals surface area contributed by atoms with Gasteiger partial charge in [-0.1, -0.05) is 6.07 Å². The van der Waals surface area contributed by atoms with E-state index in [-0.39, 0.29) is 11.9 Å². The van der Waals surface area contributed by atoms with Crippen molar-refractivity contribution in [3.63, 3.8) is 0 Å². The number of hydrogen-bond donors (Lipinski definition) is 0. The lowest BCUT2D eigenvalue weighted by atomic mass is 10.1. The lowest BCUT2D eigenvalue weighted by molar-refractivity contribution is 0.0723. The van der Waals surface area contributed by atoms with Gasteiger partial charge in [-0.25, -0.2) is 0 Å². The quantitative estimate of drug-likeness (QED) is 0.871. The third kappa shape index (κ3) is 3.29. The molecule has 1 aliphatic heterocycles. The maximum absolute atomic E-state index is 12.8. The van der Waals surface area contributed by atoms with E-state index < -0.39 is 0 Å². The molecular formula is C18H24N4O. The van der Waals surface area contributed by atoms with Crippen LogP contribution >= 0.6 is 0 Å². The zero-order valence-electron chi connectivity index (χ0n) is 14.1. The maximum Gasteiger partial charge on any atom is 0.271 e. The molecule has 0 radical (unpaired) electrons. The molecular weight excluding hydrogens is 288 g/mol. The predicted octanol–water partition coefficient (Wildman–Crippen LogP) is 2.46. The second-order valence-corrected chi connectivity index (χ2v) is 6.45. The Hall–Kier alpha value is -2.14. The second kappa shape index (κ2) is 6.54. The smallest absolute Gasteiger partial charge is 0.271 e. The van der Waals surface area contributed by atoms with Gasteiger partial charge in [-0.3, -0.25) is 9.78 Å². The fourth-order valence-electron chi connectivity index (χ4n) is 3.24.